The number of carbonyl (C=O) groups excluding carboxylic acids is 1. The van der Waals surface area contributed by atoms with E-state index in [1.807, 2.05) is 0 Å². The summed E-state index contributed by atoms with van der Waals surface area (Å²) in [4.78, 5) is 19.4. The molecule has 0 aromatic rings. The average molecular weight is 522 g/mol. The number of hydrogen-bond donors (Lipinski definition) is 0. The Kier molecular flexibility index (Phi) is 7.60. The number of rotatable bonds is 7. The van der Waals surface area contributed by atoms with Gasteiger partial charge >= 0.3 is 0 Å². The van der Waals surface area contributed by atoms with Gasteiger partial charge in [0.05, 0.1) is 12.3 Å². The predicted octanol–water partition coefficient (Wildman–Crippen LogP) is 6.90. The van der Waals surface area contributed by atoms with Gasteiger partial charge in [-0.1, -0.05) is 19.0 Å². The van der Waals surface area contributed by atoms with Crippen molar-refractivity contribution >= 4 is 28.1 Å². The van der Waals surface area contributed by atoms with Gasteiger partial charge < -0.3 is 13.7 Å². The second-order valence-corrected chi connectivity index (χ2v) is 23.6. The van der Waals surface area contributed by atoms with Crippen LogP contribution in [0.1, 0.15) is 65.2 Å². The molecule has 200 valence electrons. The van der Waals surface area contributed by atoms with Crippen LogP contribution in [0.2, 0.25) is 39.3 Å². The molecule has 0 spiro atoms. The van der Waals surface area contributed by atoms with Gasteiger partial charge in [0, 0.05) is 24.4 Å². The number of nitrogens with zero attached hydrogens (tertiary/aromatic N) is 1. The zero-order valence-electron chi connectivity index (χ0n) is 23.9. The number of ketones is 1. The number of Topliss-reactive ketones (excluding diaryl/α,β-unsaturated/α-hetero) is 1. The van der Waals surface area contributed by atoms with Gasteiger partial charge in [-0.15, -0.1) is 0 Å². The standard InChI is InChI=1S/C28H51NO4Si2/c1-27-15-14-20(33-35(7,8)9)16-19(27)10-11-21-22-12-13-23(28(22,2)17-25(30)26(21)27)24(29-31-3)18-32-34(4,5)6/h19-23,26H,10-18H2,1-9H3/b29-24-/t19-,20+,21-,22-,23+,26+,27-,28-/m0/s1. The summed E-state index contributed by atoms with van der Waals surface area (Å²) in [5, 5.41) is 4.48. The number of oxime groups is 1. The molecule has 0 aliphatic heterocycles. The minimum atomic E-state index is -1.67. The fourth-order valence-electron chi connectivity index (χ4n) is 8.79. The predicted molar refractivity (Wildman–Crippen MR) is 148 cm³/mol. The van der Waals surface area contributed by atoms with Crippen LogP contribution in [-0.4, -0.2) is 48.0 Å². The molecule has 0 aromatic carbocycles. The van der Waals surface area contributed by atoms with Crippen LogP contribution in [0, 0.1) is 40.4 Å². The first-order valence-corrected chi connectivity index (χ1v) is 20.9. The highest BCUT2D eigenvalue weighted by Crippen LogP contribution is 2.66. The van der Waals surface area contributed by atoms with E-state index in [2.05, 4.69) is 58.3 Å². The van der Waals surface area contributed by atoms with E-state index in [4.69, 9.17) is 13.7 Å². The van der Waals surface area contributed by atoms with E-state index >= 15 is 0 Å². The van der Waals surface area contributed by atoms with Gasteiger partial charge in [0.15, 0.2) is 16.6 Å². The molecule has 5 nitrogen and oxygen atoms in total. The average Bonchev–Trinajstić information content (AvgIpc) is 3.05. The smallest absolute Gasteiger partial charge is 0.184 e. The van der Waals surface area contributed by atoms with Crippen molar-refractivity contribution < 1.29 is 18.5 Å². The Balaban J connectivity index is 1.54. The molecule has 0 unspecified atom stereocenters. The fraction of sp³-hybridized carbons (Fsp3) is 0.929. The molecule has 8 atom stereocenters. The van der Waals surface area contributed by atoms with Gasteiger partial charge in [-0.2, -0.15) is 0 Å². The van der Waals surface area contributed by atoms with Crippen molar-refractivity contribution in [2.75, 3.05) is 13.7 Å². The molecule has 7 heteroatoms. The van der Waals surface area contributed by atoms with Crippen molar-refractivity contribution in [1.29, 1.82) is 0 Å². The molecular formula is C28H51NO4Si2. The first-order valence-electron chi connectivity index (χ1n) is 14.1. The second kappa shape index (κ2) is 9.66. The van der Waals surface area contributed by atoms with Crippen LogP contribution in [0.15, 0.2) is 5.16 Å². The minimum Gasteiger partial charge on any atom is -0.415 e. The van der Waals surface area contributed by atoms with Crippen molar-refractivity contribution in [2.45, 2.75) is 111 Å². The van der Waals surface area contributed by atoms with Crippen LogP contribution < -0.4 is 0 Å². The molecule has 0 N–H and O–H groups in total. The van der Waals surface area contributed by atoms with E-state index in [0.717, 1.165) is 31.4 Å². The Morgan fingerprint density at radius 2 is 1.69 bits per heavy atom. The normalized spacial score (nSPS) is 42.3. The maximum Gasteiger partial charge on any atom is 0.184 e. The van der Waals surface area contributed by atoms with Gasteiger partial charge in [0.1, 0.15) is 12.9 Å². The fourth-order valence-corrected chi connectivity index (χ4v) is 10.6. The van der Waals surface area contributed by atoms with Gasteiger partial charge in [-0.05, 0) is 113 Å². The van der Waals surface area contributed by atoms with Crippen LogP contribution in [0.4, 0.5) is 0 Å². The molecule has 4 saturated carbocycles. The van der Waals surface area contributed by atoms with E-state index in [0.29, 0.717) is 42.7 Å². The van der Waals surface area contributed by atoms with Crippen LogP contribution >= 0.6 is 0 Å². The van der Waals surface area contributed by atoms with Gasteiger partial charge in [0.25, 0.3) is 0 Å². The second-order valence-electron chi connectivity index (χ2n) is 14.6. The maximum absolute atomic E-state index is 14.1. The Morgan fingerprint density at radius 1 is 0.971 bits per heavy atom. The molecule has 0 amide bonds. The lowest BCUT2D eigenvalue weighted by Gasteiger charge is -2.60. The summed E-state index contributed by atoms with van der Waals surface area (Å²) in [7, 11) is -1.58. The zero-order valence-corrected chi connectivity index (χ0v) is 25.9. The molecule has 4 rings (SSSR count). The van der Waals surface area contributed by atoms with Gasteiger partial charge in [-0.25, -0.2) is 0 Å². The molecule has 4 aliphatic carbocycles. The van der Waals surface area contributed by atoms with Crippen molar-refractivity contribution in [3.8, 4) is 0 Å². The Morgan fingerprint density at radius 3 is 2.31 bits per heavy atom. The van der Waals surface area contributed by atoms with E-state index in [9.17, 15) is 4.79 Å². The van der Waals surface area contributed by atoms with Crippen LogP contribution in [0.3, 0.4) is 0 Å². The summed E-state index contributed by atoms with van der Waals surface area (Å²) in [6.45, 7) is 18.9. The first kappa shape index (κ1) is 27.5. The molecule has 0 radical (unpaired) electrons. The summed E-state index contributed by atoms with van der Waals surface area (Å²) in [5.41, 5.74) is 1.14. The summed E-state index contributed by atoms with van der Waals surface area (Å²) >= 11 is 0. The Bertz CT molecular complexity index is 834. The largest absolute Gasteiger partial charge is 0.415 e. The Hall–Kier alpha value is -0.506. The summed E-state index contributed by atoms with van der Waals surface area (Å²) in [6, 6.07) is 0. The highest BCUT2D eigenvalue weighted by molar-refractivity contribution is 6.70. The minimum absolute atomic E-state index is 0.0280. The lowest BCUT2D eigenvalue weighted by atomic mass is 9.44. The van der Waals surface area contributed by atoms with Gasteiger partial charge in [-0.3, -0.25) is 4.79 Å². The molecule has 4 aliphatic rings. The molecule has 35 heavy (non-hydrogen) atoms. The molecule has 4 fully saturated rings. The molecule has 0 bridgehead atoms. The van der Waals surface area contributed by atoms with Gasteiger partial charge in [0.2, 0.25) is 0 Å². The zero-order chi connectivity index (χ0) is 25.8. The lowest BCUT2D eigenvalue weighted by Crippen LogP contribution is -2.58. The third-order valence-electron chi connectivity index (χ3n) is 10.1. The first-order chi connectivity index (χ1) is 16.2. The van der Waals surface area contributed by atoms with Crippen molar-refractivity contribution in [1.82, 2.24) is 0 Å². The van der Waals surface area contributed by atoms with E-state index in [-0.39, 0.29) is 22.7 Å². The molecule has 0 heterocycles. The quantitative estimate of drug-likeness (QED) is 0.208. The van der Waals surface area contributed by atoms with E-state index < -0.39 is 16.6 Å². The Labute approximate surface area is 216 Å². The van der Waals surface area contributed by atoms with Crippen LogP contribution in [-0.2, 0) is 18.5 Å². The summed E-state index contributed by atoms with van der Waals surface area (Å²) in [5.74, 6) is 2.77. The van der Waals surface area contributed by atoms with Crippen molar-refractivity contribution in [3.05, 3.63) is 0 Å². The third kappa shape index (κ3) is 5.39. The SMILES string of the molecule is CO/N=C(/CO[Si](C)(C)C)[C@H]1CC[C@H]2[C@@H]3CC[C@H]4C[C@H](O[Si](C)(C)C)CC[C@]4(C)[C@H]3C(=O)C[C@]12C. The molecule has 0 aromatic heterocycles. The summed E-state index contributed by atoms with van der Waals surface area (Å²) < 4.78 is 12.8. The lowest BCUT2D eigenvalue weighted by molar-refractivity contribution is -0.159. The van der Waals surface area contributed by atoms with Crippen molar-refractivity contribution in [2.24, 2.45) is 45.6 Å². The highest BCUT2D eigenvalue weighted by atomic mass is 28.4. The van der Waals surface area contributed by atoms with Crippen LogP contribution in [0.25, 0.3) is 0 Å². The van der Waals surface area contributed by atoms with Crippen LogP contribution in [0.5, 0.6) is 0 Å². The van der Waals surface area contributed by atoms with Crippen molar-refractivity contribution in [3.63, 3.8) is 0 Å². The molecular weight excluding hydrogens is 470 g/mol. The van der Waals surface area contributed by atoms with E-state index in [1.54, 1.807) is 7.11 Å². The number of hydrogen-bond acceptors (Lipinski definition) is 5. The third-order valence-corrected chi connectivity index (χ3v) is 12.1. The maximum atomic E-state index is 14.1. The number of carbonyl (C=O) groups is 1. The molecule has 0 saturated heterocycles. The summed E-state index contributed by atoms with van der Waals surface area (Å²) in [6.07, 6.45) is 9.27. The monoisotopic (exact) mass is 521 g/mol. The highest BCUT2D eigenvalue weighted by Gasteiger charge is 2.64. The topological polar surface area (TPSA) is 57.1 Å². The number of fused-ring (bicyclic) bond motifs is 5. The van der Waals surface area contributed by atoms with E-state index in [1.165, 1.54) is 19.3 Å².